The standard InChI is InChI=1S/C27H18N4O2/c1-17-8-7-12-20-22(17)31(14-18-9-3-2-4-10-18)24(33)27(20)25(15-28,16-29)26(27)19-11-5-6-13-21(19)30-23(26)32/h2-13H,14H2,1H3,(H,30,32)/t26-,27-/m1/s1. The highest BCUT2D eigenvalue weighted by atomic mass is 16.2. The second-order valence-electron chi connectivity index (χ2n) is 8.82. The third kappa shape index (κ3) is 1.82. The summed E-state index contributed by atoms with van der Waals surface area (Å²) in [5.74, 6) is -0.861. The van der Waals surface area contributed by atoms with Crippen LogP contribution >= 0.6 is 0 Å². The largest absolute Gasteiger partial charge is 0.325 e. The fraction of sp³-hybridized carbons (Fsp3) is 0.185. The summed E-state index contributed by atoms with van der Waals surface area (Å²) in [5, 5.41) is 23.7. The van der Waals surface area contributed by atoms with Gasteiger partial charge in [-0.05, 0) is 35.2 Å². The smallest absolute Gasteiger partial charge is 0.242 e. The Bertz CT molecular complexity index is 1450. The zero-order valence-electron chi connectivity index (χ0n) is 17.8. The first kappa shape index (κ1) is 19.3. The Labute approximate surface area is 190 Å². The molecule has 2 amide bonds. The first-order valence-corrected chi connectivity index (χ1v) is 10.7. The number of nitrogens with zero attached hydrogens (tertiary/aromatic N) is 3. The second-order valence-corrected chi connectivity index (χ2v) is 8.82. The highest BCUT2D eigenvalue weighted by molar-refractivity contribution is 6.26. The molecule has 0 bridgehead atoms. The van der Waals surface area contributed by atoms with Crippen LogP contribution in [0, 0.1) is 35.0 Å². The Morgan fingerprint density at radius 3 is 2.24 bits per heavy atom. The lowest BCUT2D eigenvalue weighted by Gasteiger charge is -2.20. The number of anilines is 2. The molecule has 3 aromatic rings. The minimum atomic E-state index is -1.86. The van der Waals surface area contributed by atoms with E-state index in [0.29, 0.717) is 22.5 Å². The molecule has 158 valence electrons. The number of nitriles is 2. The molecule has 6 heteroatoms. The van der Waals surface area contributed by atoms with Crippen molar-refractivity contribution >= 4 is 23.2 Å². The van der Waals surface area contributed by atoms with Gasteiger partial charge in [-0.3, -0.25) is 9.59 Å². The van der Waals surface area contributed by atoms with E-state index in [0.717, 1.165) is 11.1 Å². The van der Waals surface area contributed by atoms with E-state index in [-0.39, 0.29) is 12.5 Å². The summed E-state index contributed by atoms with van der Waals surface area (Å²) in [7, 11) is 0. The summed E-state index contributed by atoms with van der Waals surface area (Å²) in [5.41, 5.74) is -0.995. The van der Waals surface area contributed by atoms with Gasteiger partial charge in [0.2, 0.25) is 11.8 Å². The maximum Gasteiger partial charge on any atom is 0.242 e. The van der Waals surface area contributed by atoms with E-state index in [2.05, 4.69) is 17.5 Å². The number of rotatable bonds is 2. The predicted octanol–water partition coefficient (Wildman–Crippen LogP) is 3.72. The van der Waals surface area contributed by atoms with Crippen molar-refractivity contribution in [2.75, 3.05) is 10.2 Å². The third-order valence-corrected chi connectivity index (χ3v) is 7.54. The molecule has 6 nitrogen and oxygen atoms in total. The number of aryl methyl sites for hydroxylation is 1. The number of para-hydroxylation sites is 2. The molecule has 1 N–H and O–H groups in total. The van der Waals surface area contributed by atoms with Gasteiger partial charge in [-0.1, -0.05) is 66.7 Å². The average molecular weight is 430 g/mol. The highest BCUT2D eigenvalue weighted by Gasteiger charge is 3.00. The van der Waals surface area contributed by atoms with Gasteiger partial charge in [0.1, 0.15) is 10.8 Å². The van der Waals surface area contributed by atoms with Crippen molar-refractivity contribution in [3.63, 3.8) is 0 Å². The minimum absolute atomic E-state index is 0.283. The molecule has 2 heterocycles. The van der Waals surface area contributed by atoms with Gasteiger partial charge in [0.05, 0.1) is 24.4 Å². The fourth-order valence-electron chi connectivity index (χ4n) is 6.31. The van der Waals surface area contributed by atoms with E-state index >= 15 is 0 Å². The molecular weight excluding hydrogens is 412 g/mol. The van der Waals surface area contributed by atoms with Gasteiger partial charge in [-0.15, -0.1) is 0 Å². The van der Waals surface area contributed by atoms with Gasteiger partial charge in [-0.2, -0.15) is 10.5 Å². The Morgan fingerprint density at radius 1 is 0.848 bits per heavy atom. The molecule has 1 aliphatic carbocycles. The summed E-state index contributed by atoms with van der Waals surface area (Å²) in [6.07, 6.45) is 0. The highest BCUT2D eigenvalue weighted by Crippen LogP contribution is 2.83. The van der Waals surface area contributed by atoms with Gasteiger partial charge in [0, 0.05) is 5.69 Å². The van der Waals surface area contributed by atoms with Gasteiger partial charge in [0.25, 0.3) is 0 Å². The zero-order valence-corrected chi connectivity index (χ0v) is 17.8. The van der Waals surface area contributed by atoms with Crippen LogP contribution in [0.15, 0.2) is 72.8 Å². The van der Waals surface area contributed by atoms with Crippen LogP contribution in [0.25, 0.3) is 0 Å². The molecule has 3 aromatic carbocycles. The number of carbonyl (C=O) groups excluding carboxylic acids is 2. The molecule has 1 saturated carbocycles. The van der Waals surface area contributed by atoms with E-state index in [4.69, 9.17) is 0 Å². The molecule has 33 heavy (non-hydrogen) atoms. The van der Waals surface area contributed by atoms with Gasteiger partial charge < -0.3 is 10.2 Å². The number of benzene rings is 3. The summed E-state index contributed by atoms with van der Waals surface area (Å²) in [6, 6.07) is 26.4. The van der Waals surface area contributed by atoms with Crippen molar-refractivity contribution in [2.45, 2.75) is 24.3 Å². The monoisotopic (exact) mass is 430 g/mol. The molecule has 1 fully saturated rings. The molecule has 3 aliphatic rings. The van der Waals surface area contributed by atoms with Crippen molar-refractivity contribution in [3.05, 3.63) is 95.1 Å². The summed E-state index contributed by atoms with van der Waals surface area (Å²) < 4.78 is 0. The second kappa shape index (κ2) is 6.09. The molecule has 6 rings (SSSR count). The van der Waals surface area contributed by atoms with Crippen molar-refractivity contribution in [3.8, 4) is 12.1 Å². The number of carbonyl (C=O) groups is 2. The minimum Gasteiger partial charge on any atom is -0.325 e. The lowest BCUT2D eigenvalue weighted by molar-refractivity contribution is -0.124. The number of hydrogen-bond acceptors (Lipinski definition) is 4. The Balaban J connectivity index is 1.67. The van der Waals surface area contributed by atoms with Crippen LogP contribution in [-0.2, 0) is 27.0 Å². The van der Waals surface area contributed by atoms with Crippen molar-refractivity contribution in [1.29, 1.82) is 10.5 Å². The Hall–Kier alpha value is -4.42. The van der Waals surface area contributed by atoms with Crippen LogP contribution < -0.4 is 10.2 Å². The first-order valence-electron chi connectivity index (χ1n) is 10.7. The molecule has 2 atom stereocenters. The number of amides is 2. The van der Waals surface area contributed by atoms with E-state index < -0.39 is 22.2 Å². The van der Waals surface area contributed by atoms with Gasteiger partial charge in [-0.25, -0.2) is 0 Å². The van der Waals surface area contributed by atoms with Gasteiger partial charge >= 0.3 is 0 Å². The predicted molar refractivity (Wildman–Crippen MR) is 121 cm³/mol. The summed E-state index contributed by atoms with van der Waals surface area (Å²) >= 11 is 0. The molecular formula is C27H18N4O2. The lowest BCUT2D eigenvalue weighted by atomic mass is 9.82. The first-order chi connectivity index (χ1) is 16.0. The molecule has 2 aliphatic heterocycles. The average Bonchev–Trinajstić information content (AvgIpc) is 3.14. The van der Waals surface area contributed by atoms with E-state index in [1.165, 1.54) is 0 Å². The van der Waals surface area contributed by atoms with Crippen LogP contribution in [0.3, 0.4) is 0 Å². The van der Waals surface area contributed by atoms with E-state index in [1.54, 1.807) is 35.2 Å². The summed E-state index contributed by atoms with van der Waals surface area (Å²) in [6.45, 7) is 2.19. The quantitative estimate of drug-likeness (QED) is 0.670. The van der Waals surface area contributed by atoms with Crippen LogP contribution in [0.5, 0.6) is 0 Å². The molecule has 0 unspecified atom stereocenters. The van der Waals surface area contributed by atoms with Crippen LogP contribution in [-0.4, -0.2) is 11.8 Å². The van der Waals surface area contributed by atoms with Crippen molar-refractivity contribution in [1.82, 2.24) is 0 Å². The lowest BCUT2D eigenvalue weighted by Crippen LogP contribution is -2.39. The Kier molecular flexibility index (Phi) is 3.56. The SMILES string of the molecule is Cc1cccc2c1N(Cc1ccccc1)C(=O)[C@@]21C(C#N)(C#N)[C@@]12C(=O)Nc1ccccc12. The van der Waals surface area contributed by atoms with Crippen LogP contribution in [0.2, 0.25) is 0 Å². The Morgan fingerprint density at radius 2 is 1.52 bits per heavy atom. The number of hydrogen-bond donors (Lipinski definition) is 1. The van der Waals surface area contributed by atoms with E-state index in [9.17, 15) is 20.1 Å². The molecule has 0 radical (unpaired) electrons. The molecule has 2 spiro atoms. The van der Waals surface area contributed by atoms with Crippen LogP contribution in [0.1, 0.15) is 22.3 Å². The third-order valence-electron chi connectivity index (χ3n) is 7.54. The summed E-state index contributed by atoms with van der Waals surface area (Å²) in [4.78, 5) is 29.7. The molecule has 0 aromatic heterocycles. The van der Waals surface area contributed by atoms with Gasteiger partial charge in [0.15, 0.2) is 5.41 Å². The normalized spacial score (nSPS) is 25.4. The maximum absolute atomic E-state index is 14.4. The van der Waals surface area contributed by atoms with Crippen molar-refractivity contribution in [2.24, 2.45) is 5.41 Å². The maximum atomic E-state index is 14.4. The van der Waals surface area contributed by atoms with Crippen molar-refractivity contribution < 1.29 is 9.59 Å². The fourth-order valence-corrected chi connectivity index (χ4v) is 6.31. The van der Waals surface area contributed by atoms with Crippen LogP contribution in [0.4, 0.5) is 11.4 Å². The van der Waals surface area contributed by atoms with E-state index in [1.807, 2.05) is 49.4 Å². The zero-order chi connectivity index (χ0) is 23.0. The topological polar surface area (TPSA) is 97.0 Å². The number of fused-ring (bicyclic) bond motifs is 5. The molecule has 0 saturated heterocycles. The number of nitrogens with one attached hydrogen (secondary N) is 1.